The van der Waals surface area contributed by atoms with Crippen molar-refractivity contribution in [2.75, 3.05) is 79.5 Å². The molecule has 3 aromatic rings. The molecule has 0 aromatic heterocycles. The average molecular weight is 789 g/mol. The van der Waals surface area contributed by atoms with E-state index in [0.29, 0.717) is 56.5 Å². The first kappa shape index (κ1) is 48.2. The van der Waals surface area contributed by atoms with E-state index in [2.05, 4.69) is 156 Å². The minimum absolute atomic E-state index is 0.363. The van der Waals surface area contributed by atoms with Crippen LogP contribution < -0.4 is 0 Å². The zero-order chi connectivity index (χ0) is 42.4. The molecule has 0 radical (unpaired) electrons. The fourth-order valence-electron chi connectivity index (χ4n) is 7.93. The smallest absolute Gasteiger partial charge is 0.124 e. The third kappa shape index (κ3) is 12.0. The maximum atomic E-state index is 12.1. The van der Waals surface area contributed by atoms with Crippen molar-refractivity contribution in [3.63, 3.8) is 0 Å². The molecule has 3 N–H and O–H groups in total. The number of benzene rings is 3. The van der Waals surface area contributed by atoms with Crippen molar-refractivity contribution >= 4 is 0 Å². The molecule has 3 rings (SSSR count). The van der Waals surface area contributed by atoms with Gasteiger partial charge in [-0.25, -0.2) is 0 Å². The van der Waals surface area contributed by atoms with Gasteiger partial charge < -0.3 is 25.1 Å². The molecule has 0 amide bonds. The molecule has 3 aromatic carbocycles. The molecule has 0 fully saturated rings. The number of aromatic hydroxyl groups is 3. The normalized spacial score (nSPS) is 12.5. The molecular weight excluding hydrogens is 709 g/mol. The standard InChI is InChI=1S/C48H80N6O3/c1-14-49(12)30-36-24-42(26-38(45(36)55)32-51(16-3)17-4)48(11,43-25-37(31-50(13)15-2)46(56)39(27-43)33-52(18-5)19-6)44-28-40(34-53(20-7)21-8)47(57)41(29-44)35-54(22-9)23-10/h24-29,55-57H,14-23,30-35H2,1-13H3. The van der Waals surface area contributed by atoms with Gasteiger partial charge in [-0.05, 0) is 140 Å². The van der Waals surface area contributed by atoms with E-state index in [1.807, 2.05) is 0 Å². The highest BCUT2D eigenvalue weighted by Crippen LogP contribution is 2.46. The Kier molecular flexibility index (Phi) is 19.3. The topological polar surface area (TPSA) is 80.1 Å². The van der Waals surface area contributed by atoms with Crippen molar-refractivity contribution in [2.45, 2.75) is 121 Å². The van der Waals surface area contributed by atoms with Crippen LogP contribution in [0, 0.1) is 0 Å². The molecule has 0 aliphatic carbocycles. The minimum atomic E-state index is -0.736. The van der Waals surface area contributed by atoms with Gasteiger partial charge in [-0.1, -0.05) is 69.2 Å². The fraction of sp³-hybridized carbons (Fsp3) is 0.625. The highest BCUT2D eigenvalue weighted by molar-refractivity contribution is 5.60. The van der Waals surface area contributed by atoms with Crippen LogP contribution in [0.2, 0.25) is 0 Å². The average Bonchev–Trinajstić information content (AvgIpc) is 3.22. The van der Waals surface area contributed by atoms with Crippen LogP contribution in [-0.4, -0.2) is 124 Å². The molecule has 0 saturated heterocycles. The third-order valence-electron chi connectivity index (χ3n) is 12.6. The summed E-state index contributed by atoms with van der Waals surface area (Å²) in [7, 11) is 4.20. The molecule has 0 saturated carbocycles. The van der Waals surface area contributed by atoms with E-state index >= 15 is 0 Å². The van der Waals surface area contributed by atoms with Crippen molar-refractivity contribution in [3.05, 3.63) is 86.5 Å². The summed E-state index contributed by atoms with van der Waals surface area (Å²) in [6.45, 7) is 36.6. The zero-order valence-corrected chi connectivity index (χ0v) is 38.3. The van der Waals surface area contributed by atoms with Crippen LogP contribution in [0.4, 0.5) is 0 Å². The SMILES string of the molecule is CCN(C)Cc1cc(C(C)(c2cc(CN(C)CC)c(O)c(CN(CC)CC)c2)c2cc(CN(CC)CC)c(O)c(CN(CC)CC)c2)cc(CN(CC)CC)c1O. The monoisotopic (exact) mass is 789 g/mol. The molecule has 57 heavy (non-hydrogen) atoms. The quantitative estimate of drug-likeness (QED) is 0.0734. The van der Waals surface area contributed by atoms with Crippen LogP contribution in [0.3, 0.4) is 0 Å². The van der Waals surface area contributed by atoms with Gasteiger partial charge in [0.05, 0.1) is 0 Å². The van der Waals surface area contributed by atoms with Gasteiger partial charge in [-0.3, -0.25) is 19.6 Å². The maximum absolute atomic E-state index is 12.1. The Balaban J connectivity index is 2.64. The van der Waals surface area contributed by atoms with Crippen LogP contribution in [-0.2, 0) is 44.7 Å². The van der Waals surface area contributed by atoms with Gasteiger partial charge in [-0.15, -0.1) is 0 Å². The molecule has 0 aliphatic heterocycles. The van der Waals surface area contributed by atoms with Crippen molar-refractivity contribution in [3.8, 4) is 17.2 Å². The third-order valence-corrected chi connectivity index (χ3v) is 12.6. The van der Waals surface area contributed by atoms with Gasteiger partial charge in [0, 0.05) is 78.1 Å². The summed E-state index contributed by atoms with van der Waals surface area (Å²) in [4.78, 5) is 13.9. The zero-order valence-electron chi connectivity index (χ0n) is 38.3. The highest BCUT2D eigenvalue weighted by atomic mass is 16.3. The lowest BCUT2D eigenvalue weighted by Gasteiger charge is -2.36. The van der Waals surface area contributed by atoms with Crippen LogP contribution in [0.15, 0.2) is 36.4 Å². The second-order valence-corrected chi connectivity index (χ2v) is 16.1. The van der Waals surface area contributed by atoms with Gasteiger partial charge in [0.1, 0.15) is 17.2 Å². The number of phenolic OH excluding ortho intramolecular Hbond substituents is 3. The Labute approximate surface area is 347 Å². The molecule has 0 unspecified atom stereocenters. The van der Waals surface area contributed by atoms with Gasteiger partial charge in [-0.2, -0.15) is 0 Å². The lowest BCUT2D eigenvalue weighted by Crippen LogP contribution is -2.30. The van der Waals surface area contributed by atoms with E-state index in [0.717, 1.165) is 116 Å². The number of rotatable bonds is 25. The molecule has 9 nitrogen and oxygen atoms in total. The summed E-state index contributed by atoms with van der Waals surface area (Å²) in [5, 5.41) is 36.1. The number of nitrogens with zero attached hydrogens (tertiary/aromatic N) is 6. The summed E-state index contributed by atoms with van der Waals surface area (Å²) in [5.41, 5.74) is 8.02. The molecule has 0 atom stereocenters. The molecule has 0 aliphatic rings. The van der Waals surface area contributed by atoms with Gasteiger partial charge in [0.2, 0.25) is 0 Å². The van der Waals surface area contributed by atoms with E-state index in [1.165, 1.54) is 0 Å². The lowest BCUT2D eigenvalue weighted by molar-refractivity contribution is 0.281. The van der Waals surface area contributed by atoms with E-state index in [9.17, 15) is 15.3 Å². The molecule has 320 valence electrons. The highest BCUT2D eigenvalue weighted by Gasteiger charge is 2.36. The fourth-order valence-corrected chi connectivity index (χ4v) is 7.93. The summed E-state index contributed by atoms with van der Waals surface area (Å²) in [6.07, 6.45) is 0. The summed E-state index contributed by atoms with van der Waals surface area (Å²) < 4.78 is 0. The first-order chi connectivity index (χ1) is 27.2. The Morgan fingerprint density at radius 1 is 0.351 bits per heavy atom. The van der Waals surface area contributed by atoms with Gasteiger partial charge >= 0.3 is 0 Å². The van der Waals surface area contributed by atoms with Gasteiger partial charge in [0.25, 0.3) is 0 Å². The Morgan fingerprint density at radius 2 is 0.544 bits per heavy atom. The van der Waals surface area contributed by atoms with Crippen molar-refractivity contribution < 1.29 is 15.3 Å². The van der Waals surface area contributed by atoms with E-state index in [-0.39, 0.29) is 0 Å². The van der Waals surface area contributed by atoms with E-state index in [1.54, 1.807) is 0 Å². The molecule has 0 heterocycles. The Morgan fingerprint density at radius 3 is 0.719 bits per heavy atom. The lowest BCUT2D eigenvalue weighted by atomic mass is 9.68. The molecule has 0 spiro atoms. The van der Waals surface area contributed by atoms with Crippen LogP contribution in [0.25, 0.3) is 0 Å². The largest absolute Gasteiger partial charge is 0.507 e. The first-order valence-electron chi connectivity index (χ1n) is 22.0. The Hall–Kier alpha value is -3.18. The van der Waals surface area contributed by atoms with Gasteiger partial charge in [0.15, 0.2) is 0 Å². The van der Waals surface area contributed by atoms with Crippen LogP contribution in [0.5, 0.6) is 17.2 Å². The summed E-state index contributed by atoms with van der Waals surface area (Å²) >= 11 is 0. The minimum Gasteiger partial charge on any atom is -0.507 e. The Bertz CT molecular complexity index is 1560. The number of phenols is 3. The van der Waals surface area contributed by atoms with Crippen molar-refractivity contribution in [1.82, 2.24) is 29.4 Å². The number of hydrogen-bond acceptors (Lipinski definition) is 9. The van der Waals surface area contributed by atoms with Crippen LogP contribution >= 0.6 is 0 Å². The van der Waals surface area contributed by atoms with Crippen LogP contribution in [0.1, 0.15) is 126 Å². The summed E-state index contributed by atoms with van der Waals surface area (Å²) in [5.74, 6) is 1.10. The first-order valence-corrected chi connectivity index (χ1v) is 22.0. The second-order valence-electron chi connectivity index (χ2n) is 16.1. The molecular formula is C48H80N6O3. The number of hydrogen-bond donors (Lipinski definition) is 3. The maximum Gasteiger partial charge on any atom is 0.124 e. The molecule has 9 heteroatoms. The van der Waals surface area contributed by atoms with E-state index < -0.39 is 5.41 Å². The molecule has 0 bridgehead atoms. The predicted molar refractivity (Wildman–Crippen MR) is 240 cm³/mol. The second kappa shape index (κ2) is 22.8. The summed E-state index contributed by atoms with van der Waals surface area (Å²) in [6, 6.07) is 13.4. The predicted octanol–water partition coefficient (Wildman–Crippen LogP) is 8.43. The van der Waals surface area contributed by atoms with E-state index in [4.69, 9.17) is 0 Å². The van der Waals surface area contributed by atoms with Crippen molar-refractivity contribution in [2.24, 2.45) is 0 Å². The van der Waals surface area contributed by atoms with Crippen molar-refractivity contribution in [1.29, 1.82) is 0 Å².